The number of amides is 1. The van der Waals surface area contributed by atoms with E-state index in [1.165, 1.54) is 0 Å². The van der Waals surface area contributed by atoms with E-state index < -0.39 is 0 Å². The highest BCUT2D eigenvalue weighted by molar-refractivity contribution is 6.07. The van der Waals surface area contributed by atoms with Crippen LogP contribution in [0.15, 0.2) is 60.7 Å². The predicted octanol–water partition coefficient (Wildman–Crippen LogP) is 4.80. The number of rotatable bonds is 6. The van der Waals surface area contributed by atoms with Crippen molar-refractivity contribution in [2.24, 2.45) is 0 Å². The van der Waals surface area contributed by atoms with Gasteiger partial charge in [-0.3, -0.25) is 4.79 Å². The zero-order valence-corrected chi connectivity index (χ0v) is 16.1. The number of nitrogen functional groups attached to an aromatic ring is 1. The number of hydrogen-bond acceptors (Lipinski definition) is 5. The molecule has 6 nitrogen and oxygen atoms in total. The van der Waals surface area contributed by atoms with Crippen LogP contribution >= 0.6 is 0 Å². The van der Waals surface area contributed by atoms with Gasteiger partial charge in [-0.15, -0.1) is 0 Å². The lowest BCUT2D eigenvalue weighted by Crippen LogP contribution is -2.15. The number of hydrogen-bond donors (Lipinski definition) is 2. The molecule has 28 heavy (non-hydrogen) atoms. The summed E-state index contributed by atoms with van der Waals surface area (Å²) in [6.45, 7) is 5.73. The summed E-state index contributed by atoms with van der Waals surface area (Å²) in [5.74, 6) is 1.71. The number of carbonyl (C=O) groups is 1. The highest BCUT2D eigenvalue weighted by atomic mass is 16.5. The minimum atomic E-state index is -0.328. The zero-order chi connectivity index (χ0) is 20.1. The van der Waals surface area contributed by atoms with Gasteiger partial charge in [0.05, 0.1) is 11.7 Å². The number of ether oxygens (including phenoxy) is 2. The third-order valence-electron chi connectivity index (χ3n) is 3.84. The van der Waals surface area contributed by atoms with Crippen LogP contribution in [0.2, 0.25) is 0 Å². The number of nitrogens with two attached hydrogens (primary N) is 1. The van der Waals surface area contributed by atoms with Crippen LogP contribution in [0.1, 0.15) is 29.9 Å². The Balaban J connectivity index is 1.77. The summed E-state index contributed by atoms with van der Waals surface area (Å²) in [6.07, 6.45) is 0.0314. The minimum absolute atomic E-state index is 0.0314. The van der Waals surface area contributed by atoms with Crippen LogP contribution in [0.4, 0.5) is 11.5 Å². The highest BCUT2D eigenvalue weighted by Gasteiger charge is 2.12. The lowest BCUT2D eigenvalue weighted by Gasteiger charge is -2.15. The van der Waals surface area contributed by atoms with E-state index in [1.807, 2.05) is 51.1 Å². The van der Waals surface area contributed by atoms with E-state index in [1.54, 1.807) is 30.3 Å². The quantitative estimate of drug-likeness (QED) is 0.644. The molecule has 1 aromatic heterocycles. The van der Waals surface area contributed by atoms with E-state index in [4.69, 9.17) is 15.2 Å². The van der Waals surface area contributed by atoms with E-state index in [-0.39, 0.29) is 17.8 Å². The van der Waals surface area contributed by atoms with Gasteiger partial charge in [0.15, 0.2) is 11.5 Å². The number of anilines is 2. The molecule has 6 heteroatoms. The highest BCUT2D eigenvalue weighted by Crippen LogP contribution is 2.33. The molecule has 0 radical (unpaired) electrons. The van der Waals surface area contributed by atoms with Gasteiger partial charge >= 0.3 is 0 Å². The van der Waals surface area contributed by atoms with Crippen molar-refractivity contribution < 1.29 is 14.3 Å². The Bertz CT molecular complexity index is 986. The first kappa shape index (κ1) is 19.2. The van der Waals surface area contributed by atoms with Gasteiger partial charge in [-0.2, -0.15) is 0 Å². The molecule has 1 amide bonds. The molecule has 0 unspecified atom stereocenters. The molecule has 0 aliphatic rings. The summed E-state index contributed by atoms with van der Waals surface area (Å²) in [6, 6.07) is 18.0. The molecule has 0 fully saturated rings. The Labute approximate surface area is 164 Å². The molecular weight excluding hydrogens is 354 g/mol. The maximum atomic E-state index is 12.5. The van der Waals surface area contributed by atoms with Crippen molar-refractivity contribution in [3.63, 3.8) is 0 Å². The Morgan fingerprint density at radius 3 is 2.50 bits per heavy atom. The number of carbonyl (C=O) groups excluding carboxylic acids is 1. The van der Waals surface area contributed by atoms with Crippen molar-refractivity contribution in [2.75, 3.05) is 11.1 Å². The fourth-order valence-corrected chi connectivity index (χ4v) is 2.62. The van der Waals surface area contributed by atoms with Crippen LogP contribution in [0, 0.1) is 6.92 Å². The predicted molar refractivity (Wildman–Crippen MR) is 110 cm³/mol. The summed E-state index contributed by atoms with van der Waals surface area (Å²) < 4.78 is 11.7. The van der Waals surface area contributed by atoms with Crippen molar-refractivity contribution in [3.05, 3.63) is 71.9 Å². The maximum absolute atomic E-state index is 12.5. The molecule has 0 aliphatic carbocycles. The molecule has 0 atom stereocenters. The van der Waals surface area contributed by atoms with Gasteiger partial charge in [0.25, 0.3) is 5.91 Å². The maximum Gasteiger partial charge on any atom is 0.259 e. The molecule has 3 aromatic rings. The van der Waals surface area contributed by atoms with E-state index in [9.17, 15) is 4.79 Å². The molecular formula is C22H23N3O3. The molecule has 3 rings (SSSR count). The molecule has 0 aliphatic heterocycles. The van der Waals surface area contributed by atoms with Gasteiger partial charge in [-0.1, -0.05) is 18.2 Å². The smallest absolute Gasteiger partial charge is 0.259 e. The second-order valence-corrected chi connectivity index (χ2v) is 6.58. The number of nitrogens with one attached hydrogen (secondary N) is 1. The SMILES string of the molecule is Cc1ccc(C(=O)Nc2cccc(Oc3ccccc3OC(C)C)c2)c(N)n1. The Morgan fingerprint density at radius 1 is 1.04 bits per heavy atom. The van der Waals surface area contributed by atoms with E-state index in [2.05, 4.69) is 10.3 Å². The van der Waals surface area contributed by atoms with E-state index in [0.29, 0.717) is 28.5 Å². The van der Waals surface area contributed by atoms with Crippen molar-refractivity contribution >= 4 is 17.4 Å². The number of aromatic nitrogens is 1. The summed E-state index contributed by atoms with van der Waals surface area (Å²) >= 11 is 0. The van der Waals surface area contributed by atoms with Crippen molar-refractivity contribution in [1.29, 1.82) is 0 Å². The Morgan fingerprint density at radius 2 is 1.79 bits per heavy atom. The fraction of sp³-hybridized carbons (Fsp3) is 0.182. The molecule has 1 heterocycles. The van der Waals surface area contributed by atoms with Crippen molar-refractivity contribution in [1.82, 2.24) is 4.98 Å². The number of nitrogens with zero attached hydrogens (tertiary/aromatic N) is 1. The van der Waals surface area contributed by atoms with Gasteiger partial charge in [0.2, 0.25) is 0 Å². The number of pyridine rings is 1. The first-order valence-corrected chi connectivity index (χ1v) is 9.00. The molecule has 0 spiro atoms. The van der Waals surface area contributed by atoms with E-state index in [0.717, 1.165) is 5.69 Å². The summed E-state index contributed by atoms with van der Waals surface area (Å²) in [7, 11) is 0. The largest absolute Gasteiger partial charge is 0.487 e. The monoisotopic (exact) mass is 377 g/mol. The standard InChI is InChI=1S/C22H23N3O3/c1-14(2)27-19-9-4-5-10-20(19)28-17-8-6-7-16(13-17)25-22(26)18-12-11-15(3)24-21(18)23/h4-14H,1-3H3,(H2,23,24)(H,25,26). The number of para-hydroxylation sites is 2. The van der Waals surface area contributed by atoms with Gasteiger partial charge < -0.3 is 20.5 Å². The lowest BCUT2D eigenvalue weighted by molar-refractivity contribution is 0.102. The van der Waals surface area contributed by atoms with Gasteiger partial charge in [-0.05, 0) is 57.2 Å². The third kappa shape index (κ3) is 4.79. The summed E-state index contributed by atoms with van der Waals surface area (Å²) in [5.41, 5.74) is 7.52. The lowest BCUT2D eigenvalue weighted by atomic mass is 10.2. The molecule has 144 valence electrons. The van der Waals surface area contributed by atoms with Crippen molar-refractivity contribution in [2.45, 2.75) is 26.9 Å². The van der Waals surface area contributed by atoms with Gasteiger partial charge in [-0.25, -0.2) is 4.98 Å². The average Bonchev–Trinajstić information content (AvgIpc) is 2.63. The molecule has 0 bridgehead atoms. The second-order valence-electron chi connectivity index (χ2n) is 6.58. The van der Waals surface area contributed by atoms with Crippen LogP contribution in [0.5, 0.6) is 17.2 Å². The molecule has 3 N–H and O–H groups in total. The second kappa shape index (κ2) is 8.43. The van der Waals surface area contributed by atoms with Crippen LogP contribution in [0.25, 0.3) is 0 Å². The van der Waals surface area contributed by atoms with Gasteiger partial charge in [0, 0.05) is 17.4 Å². The summed E-state index contributed by atoms with van der Waals surface area (Å²) in [4.78, 5) is 16.6. The van der Waals surface area contributed by atoms with Crippen LogP contribution in [-0.2, 0) is 0 Å². The number of aryl methyl sites for hydroxylation is 1. The Hall–Kier alpha value is -3.54. The van der Waals surface area contributed by atoms with E-state index >= 15 is 0 Å². The van der Waals surface area contributed by atoms with Crippen LogP contribution in [-0.4, -0.2) is 17.0 Å². The summed E-state index contributed by atoms with van der Waals surface area (Å²) in [5, 5.41) is 2.82. The molecule has 0 saturated carbocycles. The van der Waals surface area contributed by atoms with Gasteiger partial charge in [0.1, 0.15) is 11.6 Å². The molecule has 2 aromatic carbocycles. The fourth-order valence-electron chi connectivity index (χ4n) is 2.62. The van der Waals surface area contributed by atoms with Crippen LogP contribution < -0.4 is 20.5 Å². The van der Waals surface area contributed by atoms with Crippen molar-refractivity contribution in [3.8, 4) is 17.2 Å². The van der Waals surface area contributed by atoms with Crippen LogP contribution in [0.3, 0.4) is 0 Å². The average molecular weight is 377 g/mol. The molecule has 0 saturated heterocycles. The number of benzene rings is 2. The minimum Gasteiger partial charge on any atom is -0.487 e. The first-order valence-electron chi connectivity index (χ1n) is 9.00. The first-order chi connectivity index (χ1) is 13.4. The third-order valence-corrected chi connectivity index (χ3v) is 3.84. The zero-order valence-electron chi connectivity index (χ0n) is 16.1. The Kier molecular flexibility index (Phi) is 5.79. The topological polar surface area (TPSA) is 86.5 Å². The normalized spacial score (nSPS) is 10.6.